The molecule has 1 saturated carbocycles. The van der Waals surface area contributed by atoms with Gasteiger partial charge < -0.3 is 30.2 Å². The molecule has 1 heterocycles. The number of methoxy groups -OCH3 is 3. The number of carbonyl (C=O) groups is 2. The van der Waals surface area contributed by atoms with Gasteiger partial charge in [0.1, 0.15) is 0 Å². The van der Waals surface area contributed by atoms with Crippen LogP contribution >= 0.6 is 0 Å². The molecule has 33 heavy (non-hydrogen) atoms. The molecule has 1 aliphatic carbocycles. The summed E-state index contributed by atoms with van der Waals surface area (Å²) in [7, 11) is 4.69. The zero-order valence-electron chi connectivity index (χ0n) is 20.1. The van der Waals surface area contributed by atoms with E-state index in [0.717, 1.165) is 44.3 Å². The van der Waals surface area contributed by atoms with Crippen molar-refractivity contribution in [3.8, 4) is 17.2 Å². The number of nitrogens with one attached hydrogen (secondary N) is 3. The second-order valence-corrected chi connectivity index (χ2v) is 8.81. The number of benzene rings is 1. The molecule has 2 fully saturated rings. The molecule has 1 saturated heterocycles. The minimum absolute atomic E-state index is 0.0368. The van der Waals surface area contributed by atoms with Crippen molar-refractivity contribution in [2.45, 2.75) is 63.6 Å². The van der Waals surface area contributed by atoms with Gasteiger partial charge in [0.2, 0.25) is 11.7 Å². The number of rotatable bonds is 9. The number of urea groups is 1. The summed E-state index contributed by atoms with van der Waals surface area (Å²) in [5.41, 5.74) is 0.865. The molecule has 0 radical (unpaired) electrons. The monoisotopic (exact) mass is 462 g/mol. The molecule has 3 amide bonds. The smallest absolute Gasteiger partial charge is 0.315 e. The molecule has 3 N–H and O–H groups in total. The summed E-state index contributed by atoms with van der Waals surface area (Å²) in [5, 5.41) is 9.18. The molecule has 184 valence electrons. The first-order chi connectivity index (χ1) is 16.0. The van der Waals surface area contributed by atoms with Gasteiger partial charge in [-0.05, 0) is 43.4 Å². The molecule has 1 aliphatic heterocycles. The highest BCUT2D eigenvalue weighted by atomic mass is 16.5. The van der Waals surface area contributed by atoms with Crippen molar-refractivity contribution in [2.24, 2.45) is 0 Å². The van der Waals surface area contributed by atoms with E-state index in [-0.39, 0.29) is 18.0 Å². The number of hydrogen-bond donors (Lipinski definition) is 3. The van der Waals surface area contributed by atoms with Crippen molar-refractivity contribution in [2.75, 3.05) is 41.0 Å². The number of ether oxygens (including phenoxy) is 3. The largest absolute Gasteiger partial charge is 0.493 e. The first-order valence-corrected chi connectivity index (χ1v) is 11.9. The highest BCUT2D eigenvalue weighted by molar-refractivity contribution is 5.78. The Hall–Kier alpha value is -2.68. The molecule has 0 spiro atoms. The minimum Gasteiger partial charge on any atom is -0.493 e. The van der Waals surface area contributed by atoms with Gasteiger partial charge in [-0.2, -0.15) is 0 Å². The van der Waals surface area contributed by atoms with E-state index in [0.29, 0.717) is 36.4 Å². The number of hydrogen-bond acceptors (Lipinski definition) is 6. The average molecular weight is 463 g/mol. The van der Waals surface area contributed by atoms with Crippen LogP contribution in [0.15, 0.2) is 12.1 Å². The van der Waals surface area contributed by atoms with E-state index in [1.807, 2.05) is 12.1 Å². The van der Waals surface area contributed by atoms with Gasteiger partial charge >= 0.3 is 6.03 Å². The van der Waals surface area contributed by atoms with E-state index >= 15 is 0 Å². The third kappa shape index (κ3) is 7.42. The molecular formula is C24H38N4O5. The number of likely N-dealkylation sites (tertiary alicyclic amines) is 1. The van der Waals surface area contributed by atoms with Crippen molar-refractivity contribution in [1.29, 1.82) is 0 Å². The molecule has 0 unspecified atom stereocenters. The molecule has 0 aromatic heterocycles. The Morgan fingerprint density at radius 2 is 1.45 bits per heavy atom. The fraction of sp³-hybridized carbons (Fsp3) is 0.667. The van der Waals surface area contributed by atoms with Crippen LogP contribution in [0.1, 0.15) is 50.5 Å². The summed E-state index contributed by atoms with van der Waals surface area (Å²) >= 11 is 0. The highest BCUT2D eigenvalue weighted by Crippen LogP contribution is 2.38. The third-order valence-corrected chi connectivity index (χ3v) is 6.44. The van der Waals surface area contributed by atoms with E-state index in [1.54, 1.807) is 21.3 Å². The first kappa shape index (κ1) is 25.0. The fourth-order valence-electron chi connectivity index (χ4n) is 4.59. The van der Waals surface area contributed by atoms with Crippen molar-refractivity contribution in [1.82, 2.24) is 20.9 Å². The van der Waals surface area contributed by atoms with Crippen LogP contribution in [-0.2, 0) is 11.3 Å². The summed E-state index contributed by atoms with van der Waals surface area (Å²) in [5.74, 6) is 1.61. The van der Waals surface area contributed by atoms with Crippen molar-refractivity contribution < 1.29 is 23.8 Å². The van der Waals surface area contributed by atoms with Gasteiger partial charge in [-0.3, -0.25) is 9.69 Å². The Balaban J connectivity index is 1.38. The lowest BCUT2D eigenvalue weighted by Crippen LogP contribution is -2.51. The minimum atomic E-state index is -0.0524. The van der Waals surface area contributed by atoms with Crippen LogP contribution in [-0.4, -0.2) is 69.9 Å². The second-order valence-electron chi connectivity index (χ2n) is 8.81. The van der Waals surface area contributed by atoms with E-state index in [1.165, 1.54) is 19.3 Å². The summed E-state index contributed by atoms with van der Waals surface area (Å²) in [4.78, 5) is 26.9. The van der Waals surface area contributed by atoms with E-state index in [4.69, 9.17) is 14.2 Å². The van der Waals surface area contributed by atoms with Crippen LogP contribution in [0.5, 0.6) is 17.2 Å². The summed E-state index contributed by atoms with van der Waals surface area (Å²) in [6.07, 6.45) is 7.52. The maximum absolute atomic E-state index is 12.5. The normalized spacial score (nSPS) is 17.8. The maximum Gasteiger partial charge on any atom is 0.315 e. The molecular weight excluding hydrogens is 424 g/mol. The van der Waals surface area contributed by atoms with Gasteiger partial charge in [0.05, 0.1) is 27.9 Å². The fourth-order valence-corrected chi connectivity index (χ4v) is 4.59. The van der Waals surface area contributed by atoms with Crippen molar-refractivity contribution >= 4 is 11.9 Å². The number of amides is 3. The Bertz CT molecular complexity index is 764. The van der Waals surface area contributed by atoms with Gasteiger partial charge in [0.25, 0.3) is 0 Å². The van der Waals surface area contributed by atoms with Gasteiger partial charge in [0, 0.05) is 31.7 Å². The maximum atomic E-state index is 12.5. The molecule has 1 aromatic rings. The van der Waals surface area contributed by atoms with Crippen LogP contribution in [0.2, 0.25) is 0 Å². The third-order valence-electron chi connectivity index (χ3n) is 6.44. The molecule has 0 atom stereocenters. The number of nitrogens with zero attached hydrogens (tertiary/aromatic N) is 1. The topological polar surface area (TPSA) is 101 Å². The summed E-state index contributed by atoms with van der Waals surface area (Å²) < 4.78 is 16.1. The Labute approximate surface area is 196 Å². The lowest BCUT2D eigenvalue weighted by molar-refractivity contribution is -0.122. The number of piperidine rings is 1. The molecule has 3 rings (SSSR count). The predicted molar refractivity (Wildman–Crippen MR) is 126 cm³/mol. The van der Waals surface area contributed by atoms with Crippen LogP contribution < -0.4 is 30.2 Å². The standard InChI is InChI=1S/C24H38N4O5/c1-31-20-13-17(14-21(32-2)23(20)33-3)15-25-22(29)16-28-11-9-19(10-12-28)27-24(30)26-18-7-5-4-6-8-18/h13-14,18-19H,4-12,15-16H2,1-3H3,(H,25,29)(H2,26,27,30). The van der Waals surface area contributed by atoms with E-state index in [2.05, 4.69) is 20.9 Å². The van der Waals surface area contributed by atoms with Crippen molar-refractivity contribution in [3.63, 3.8) is 0 Å². The van der Waals surface area contributed by atoms with Crippen LogP contribution in [0, 0.1) is 0 Å². The molecule has 9 heteroatoms. The summed E-state index contributed by atoms with van der Waals surface area (Å²) in [6.45, 7) is 2.28. The van der Waals surface area contributed by atoms with Crippen molar-refractivity contribution in [3.05, 3.63) is 17.7 Å². The first-order valence-electron chi connectivity index (χ1n) is 11.9. The zero-order chi connectivity index (χ0) is 23.6. The van der Waals surface area contributed by atoms with Crippen LogP contribution in [0.4, 0.5) is 4.79 Å². The van der Waals surface area contributed by atoms with Gasteiger partial charge in [-0.1, -0.05) is 19.3 Å². The Kier molecular flexibility index (Phi) is 9.47. The summed E-state index contributed by atoms with van der Waals surface area (Å²) in [6, 6.07) is 4.08. The molecule has 9 nitrogen and oxygen atoms in total. The molecule has 1 aromatic carbocycles. The van der Waals surface area contributed by atoms with Crippen LogP contribution in [0.3, 0.4) is 0 Å². The van der Waals surface area contributed by atoms with Gasteiger partial charge in [-0.25, -0.2) is 4.79 Å². The predicted octanol–water partition coefficient (Wildman–Crippen LogP) is 2.42. The molecule has 0 bridgehead atoms. The second kappa shape index (κ2) is 12.5. The molecule has 2 aliphatic rings. The van der Waals surface area contributed by atoms with E-state index in [9.17, 15) is 9.59 Å². The average Bonchev–Trinajstić information content (AvgIpc) is 2.83. The zero-order valence-corrected chi connectivity index (χ0v) is 20.1. The Morgan fingerprint density at radius 1 is 0.879 bits per heavy atom. The SMILES string of the molecule is COc1cc(CNC(=O)CN2CCC(NC(=O)NC3CCCCC3)CC2)cc(OC)c1OC. The van der Waals surface area contributed by atoms with Gasteiger partial charge in [-0.15, -0.1) is 0 Å². The lowest BCUT2D eigenvalue weighted by Gasteiger charge is -2.32. The Morgan fingerprint density at radius 3 is 2.00 bits per heavy atom. The van der Waals surface area contributed by atoms with Crippen LogP contribution in [0.25, 0.3) is 0 Å². The lowest BCUT2D eigenvalue weighted by atomic mass is 9.96. The van der Waals surface area contributed by atoms with Gasteiger partial charge in [0.15, 0.2) is 11.5 Å². The quantitative estimate of drug-likeness (QED) is 0.521. The highest BCUT2D eigenvalue weighted by Gasteiger charge is 2.23. The number of carbonyl (C=O) groups excluding carboxylic acids is 2. The van der Waals surface area contributed by atoms with E-state index < -0.39 is 0 Å².